The number of aliphatic carboxylic acids is 1. The number of carboxylic acid groups (broad SMARTS) is 1. The number of hydrogen-bond acceptors (Lipinski definition) is 11. The van der Waals surface area contributed by atoms with Crippen LogP contribution < -0.4 is 67.1 Å². The Morgan fingerprint density at radius 3 is 1.46 bits per heavy atom. The molecule has 14 heteroatoms. The number of carbonyl (C=O) groups is 7. The van der Waals surface area contributed by atoms with Crippen molar-refractivity contribution in [2.24, 2.45) is 28.1 Å². The zero-order valence-corrected chi connectivity index (χ0v) is 52.1. The summed E-state index contributed by atoms with van der Waals surface area (Å²) in [5.41, 5.74) is 0.855. The molecule has 0 aromatic heterocycles. The van der Waals surface area contributed by atoms with Gasteiger partial charge in [0, 0.05) is 23.3 Å². The van der Waals surface area contributed by atoms with E-state index in [-0.39, 0.29) is 110 Å². The van der Waals surface area contributed by atoms with E-state index in [1.807, 2.05) is 120 Å². The summed E-state index contributed by atoms with van der Waals surface area (Å²) < 4.78 is 14.8. The first-order chi connectivity index (χ1) is 32.8. The van der Waals surface area contributed by atoms with Crippen LogP contribution in [0.2, 0.25) is 0 Å². The van der Waals surface area contributed by atoms with Crippen molar-refractivity contribution in [3.63, 3.8) is 0 Å². The molecule has 0 fully saturated rings. The molecule has 2 aromatic carbocycles. The topological polar surface area (TPSA) is 194 Å². The Labute approximate surface area is 480 Å². The van der Waals surface area contributed by atoms with Crippen molar-refractivity contribution >= 4 is 41.5 Å². The normalized spacial score (nSPS) is 11.9. The Balaban J connectivity index is -0.000000251. The summed E-state index contributed by atoms with van der Waals surface area (Å²) in [4.78, 5) is 77.2. The molecule has 0 aliphatic heterocycles. The average molecular weight is 1040 g/mol. The molecule has 0 bridgehead atoms. The van der Waals surface area contributed by atoms with Crippen molar-refractivity contribution < 1.29 is 104 Å². The molecular weight excluding hydrogens is 940 g/mol. The monoisotopic (exact) mass is 1040 g/mol. The molecule has 0 aliphatic carbocycles. The van der Waals surface area contributed by atoms with Crippen LogP contribution in [-0.2, 0) is 54.4 Å². The van der Waals surface area contributed by atoms with Gasteiger partial charge in [0.2, 0.25) is 11.8 Å². The summed E-state index contributed by atoms with van der Waals surface area (Å²) in [6.45, 7) is 37.0. The van der Waals surface area contributed by atoms with Crippen molar-refractivity contribution in [2.45, 2.75) is 207 Å². The molecule has 0 saturated carbocycles. The molecule has 408 valence electrons. The fraction of sp³-hybridized carbons (Fsp3) is 0.672. The Bertz CT molecular complexity index is 1780. The molecule has 2 amide bonds. The molecule has 0 saturated heterocycles. The molecule has 3 unspecified atom stereocenters. The molecule has 3 atom stereocenters. The number of carboxylic acids is 1. The summed E-state index contributed by atoms with van der Waals surface area (Å²) in [6.07, 6.45) is 7.63. The van der Waals surface area contributed by atoms with Crippen molar-refractivity contribution in [3.05, 3.63) is 71.8 Å². The fourth-order valence-corrected chi connectivity index (χ4v) is 4.99. The smallest absolute Gasteiger partial charge is 0.548 e. The third-order valence-corrected chi connectivity index (χ3v) is 12.1. The van der Waals surface area contributed by atoms with Crippen molar-refractivity contribution in [1.82, 2.24) is 10.6 Å². The predicted octanol–water partition coefficient (Wildman–Crippen LogP) is 8.54. The van der Waals surface area contributed by atoms with E-state index >= 15 is 0 Å². The number of hydrogen-bond donors (Lipinski definition) is 2. The van der Waals surface area contributed by atoms with Gasteiger partial charge in [-0.05, 0) is 110 Å². The second kappa shape index (κ2) is 42.9. The minimum Gasteiger partial charge on any atom is -0.548 e. The van der Waals surface area contributed by atoms with Crippen molar-refractivity contribution in [2.75, 3.05) is 20.3 Å². The maximum Gasteiger partial charge on any atom is 1.00 e. The minimum absolute atomic E-state index is 0. The largest absolute Gasteiger partial charge is 1.00 e. The average Bonchev–Trinajstić information content (AvgIpc) is 3.34. The van der Waals surface area contributed by atoms with Gasteiger partial charge >= 0.3 is 69.3 Å². The van der Waals surface area contributed by atoms with Crippen molar-refractivity contribution in [1.29, 1.82) is 0 Å². The van der Waals surface area contributed by atoms with Crippen LogP contribution in [-0.4, -0.2) is 67.3 Å². The van der Waals surface area contributed by atoms with E-state index in [2.05, 4.69) is 66.5 Å². The molecule has 0 aliphatic rings. The maximum atomic E-state index is 11.6. The van der Waals surface area contributed by atoms with Gasteiger partial charge in [-0.2, -0.15) is 0 Å². The zero-order valence-electron chi connectivity index (χ0n) is 49.0. The fourth-order valence-electron chi connectivity index (χ4n) is 4.99. The first-order valence-corrected chi connectivity index (χ1v) is 25.7. The Hall–Kier alpha value is -3.43. The van der Waals surface area contributed by atoms with Gasteiger partial charge in [0.15, 0.2) is 0 Å². The van der Waals surface area contributed by atoms with Gasteiger partial charge in [-0.3, -0.25) is 28.8 Å². The summed E-state index contributed by atoms with van der Waals surface area (Å²) in [7, 11) is 1.42. The number of Topliss-reactive ketones (excluding diaryl/α,β-unsaturated/α-hetero) is 1. The van der Waals surface area contributed by atoms with Gasteiger partial charge in [0.1, 0.15) is 12.4 Å². The summed E-state index contributed by atoms with van der Waals surface area (Å²) in [5.74, 6) is -0.934. The molecular formula is C58H99KN2O11. The van der Waals surface area contributed by atoms with Crippen LogP contribution in [0.5, 0.6) is 0 Å². The molecule has 2 rings (SSSR count). The second-order valence-corrected chi connectivity index (χ2v) is 20.4. The third kappa shape index (κ3) is 40.0. The molecule has 72 heavy (non-hydrogen) atoms. The van der Waals surface area contributed by atoms with Crippen LogP contribution in [0.25, 0.3) is 0 Å². The quantitative estimate of drug-likeness (QED) is 0.0497. The number of carbonyl (C=O) groups excluding carboxylic acids is 7. The van der Waals surface area contributed by atoms with Gasteiger partial charge in [-0.25, -0.2) is 0 Å². The number of nitrogens with one attached hydrogen (secondary N) is 2. The Morgan fingerprint density at radius 1 is 0.625 bits per heavy atom. The molecule has 2 aromatic rings. The van der Waals surface area contributed by atoms with Crippen LogP contribution in [0.4, 0.5) is 0 Å². The van der Waals surface area contributed by atoms with Gasteiger partial charge < -0.3 is 34.7 Å². The summed E-state index contributed by atoms with van der Waals surface area (Å²) in [6, 6.07) is 20.4. The first kappa shape index (κ1) is 77.5. The van der Waals surface area contributed by atoms with E-state index in [0.29, 0.717) is 32.0 Å². The molecule has 0 spiro atoms. The van der Waals surface area contributed by atoms with Gasteiger partial charge in [0.25, 0.3) is 0 Å². The number of rotatable bonds is 22. The van der Waals surface area contributed by atoms with E-state index < -0.39 is 23.5 Å². The second-order valence-electron chi connectivity index (χ2n) is 20.4. The summed E-state index contributed by atoms with van der Waals surface area (Å²) in [5, 5.41) is 15.1. The number of benzene rings is 2. The molecule has 0 radical (unpaired) electrons. The van der Waals surface area contributed by atoms with E-state index in [4.69, 9.17) is 9.47 Å². The van der Waals surface area contributed by atoms with Crippen LogP contribution in [0.3, 0.4) is 0 Å². The number of esters is 3. The van der Waals surface area contributed by atoms with Crippen LogP contribution in [0, 0.1) is 28.1 Å². The number of unbranched alkanes of at least 4 members (excludes halogenated alkanes) is 1. The minimum atomic E-state index is -1.27. The standard InChI is InChI=1S/C13H18O2.C11H21NO2.C10H14.C9H18O2.C8H15NO3.C7H14O2.K/c1-4-13(2,3)12(14)15-10-11-8-6-5-7-9-11;1-6-8(2)10(14)12-11(4,5)7-9(3)13;1-3-9(2)10-7-5-4-6-8-10;1-4-6-7-11-9(10)8(3)5-2;1-4-8(2,3)7(12)9-5-6(10)11;1-5-7(2,3)6(8)9-4;/h5-9H,4,10H2,1-3H3;8H,6-7H2,1-5H3,(H,12,14);4-9H,3H2,1-2H3;8H,4-7H2,1-3H3;4-5H2,1-3H3,(H,9,12)(H,10,11);5H2,1-4H3;/q;;;;;;+1/p-1. The first-order valence-electron chi connectivity index (χ1n) is 25.7. The number of amides is 2. The molecule has 13 nitrogen and oxygen atoms in total. The number of ether oxygens (including phenoxy) is 3. The SMILES string of the molecule is CCC(C)(C)C(=O)NCC(=O)[O-].CCC(C)(C)C(=O)OC.CCC(C)(C)C(=O)OCc1ccccc1.CCC(C)C(=O)NC(C)(C)CC(C)=O.CCC(C)c1ccccc1.CCCCOC(=O)C(C)CC.[K+]. The van der Waals surface area contributed by atoms with Crippen LogP contribution in [0.1, 0.15) is 206 Å². The van der Waals surface area contributed by atoms with E-state index in [1.165, 1.54) is 26.0 Å². The maximum absolute atomic E-state index is 11.6. The molecule has 2 N–H and O–H groups in total. The predicted molar refractivity (Wildman–Crippen MR) is 286 cm³/mol. The van der Waals surface area contributed by atoms with E-state index in [1.54, 1.807) is 13.8 Å². The van der Waals surface area contributed by atoms with Crippen LogP contribution >= 0.6 is 0 Å². The van der Waals surface area contributed by atoms with Crippen LogP contribution in [0.15, 0.2) is 60.7 Å². The number of methoxy groups -OCH3 is 1. The Morgan fingerprint density at radius 2 is 1.08 bits per heavy atom. The van der Waals surface area contributed by atoms with E-state index in [0.717, 1.165) is 44.1 Å². The third-order valence-electron chi connectivity index (χ3n) is 12.1. The number of ketones is 1. The summed E-state index contributed by atoms with van der Waals surface area (Å²) >= 11 is 0. The Kier molecular flexibility index (Phi) is 46.1. The van der Waals surface area contributed by atoms with E-state index in [9.17, 15) is 38.7 Å². The molecule has 0 heterocycles. The van der Waals surface area contributed by atoms with Gasteiger partial charge in [0.05, 0.1) is 43.0 Å². The zero-order chi connectivity index (χ0) is 56.0. The van der Waals surface area contributed by atoms with Gasteiger partial charge in [-0.15, -0.1) is 0 Å². The van der Waals surface area contributed by atoms with Crippen molar-refractivity contribution in [3.8, 4) is 0 Å². The van der Waals surface area contributed by atoms with Gasteiger partial charge in [-0.1, -0.05) is 150 Å².